The van der Waals surface area contributed by atoms with Crippen LogP contribution in [0, 0.1) is 0 Å². The number of aromatic nitrogens is 1. The molecule has 1 aromatic carbocycles. The Labute approximate surface area is 130 Å². The number of hydrogen-bond donors (Lipinski definition) is 1. The van der Waals surface area contributed by atoms with E-state index in [0.29, 0.717) is 22.7 Å². The Kier molecular flexibility index (Phi) is 3.49. The average Bonchev–Trinajstić information content (AvgIpc) is 2.48. The van der Waals surface area contributed by atoms with Crippen molar-refractivity contribution in [2.75, 3.05) is 0 Å². The lowest BCUT2D eigenvalue weighted by Crippen LogP contribution is -2.13. The highest BCUT2D eigenvalue weighted by atomic mass is 35.5. The van der Waals surface area contributed by atoms with Gasteiger partial charge in [0.25, 0.3) is 0 Å². The second-order valence-electron chi connectivity index (χ2n) is 4.35. The molecule has 0 aliphatic heterocycles. The third kappa shape index (κ3) is 2.55. The Bertz CT molecular complexity index is 790. The molecule has 104 valence electrons. The van der Waals surface area contributed by atoms with E-state index in [1.54, 1.807) is 24.4 Å². The molecule has 3 rings (SSSR count). The van der Waals surface area contributed by atoms with Gasteiger partial charge < -0.3 is 5.11 Å². The van der Waals surface area contributed by atoms with Gasteiger partial charge in [-0.3, -0.25) is 9.78 Å². The fourth-order valence-electron chi connectivity index (χ4n) is 1.98. The third-order valence-electron chi connectivity index (χ3n) is 2.96. The highest BCUT2D eigenvalue weighted by Gasteiger charge is 2.18. The number of allylic oxidation sites excluding steroid dienone is 2. The van der Waals surface area contributed by atoms with Gasteiger partial charge in [0.15, 0.2) is 5.75 Å². The van der Waals surface area contributed by atoms with Crippen LogP contribution in [0.1, 0.15) is 16.1 Å². The van der Waals surface area contributed by atoms with Crippen molar-refractivity contribution in [1.29, 1.82) is 0 Å². The molecule has 0 spiro atoms. The molecule has 0 atom stereocenters. The smallest absolute Gasteiger partial charge is 0.204 e. The van der Waals surface area contributed by atoms with Gasteiger partial charge in [-0.05, 0) is 36.4 Å². The van der Waals surface area contributed by atoms with Gasteiger partial charge in [-0.1, -0.05) is 23.2 Å². The van der Waals surface area contributed by atoms with Crippen LogP contribution in [0.3, 0.4) is 0 Å². The predicted molar refractivity (Wildman–Crippen MR) is 82.0 cm³/mol. The lowest BCUT2D eigenvalue weighted by Gasteiger charge is -2.11. The number of aromatic hydroxyl groups is 1. The van der Waals surface area contributed by atoms with Gasteiger partial charge in [-0.15, -0.1) is 0 Å². The molecule has 1 aromatic heterocycles. The summed E-state index contributed by atoms with van der Waals surface area (Å²) in [4.78, 5) is 20.2. The van der Waals surface area contributed by atoms with Crippen molar-refractivity contribution in [3.05, 3.63) is 63.9 Å². The number of rotatable bonds is 1. The summed E-state index contributed by atoms with van der Waals surface area (Å²) in [6.07, 6.45) is 4.58. The second-order valence-corrected chi connectivity index (χ2v) is 5.17. The van der Waals surface area contributed by atoms with Gasteiger partial charge in [-0.2, -0.15) is 0 Å². The van der Waals surface area contributed by atoms with E-state index < -0.39 is 0 Å². The van der Waals surface area contributed by atoms with Gasteiger partial charge >= 0.3 is 0 Å². The number of carbonyl (C=O) groups excluding carboxylic acids is 1. The van der Waals surface area contributed by atoms with Crippen LogP contribution in [-0.4, -0.2) is 21.6 Å². The summed E-state index contributed by atoms with van der Waals surface area (Å²) < 4.78 is 0. The van der Waals surface area contributed by atoms with Crippen molar-refractivity contribution in [3.63, 3.8) is 0 Å². The van der Waals surface area contributed by atoms with Gasteiger partial charge in [0.1, 0.15) is 5.69 Å². The van der Waals surface area contributed by atoms with Crippen LogP contribution in [0.4, 0.5) is 5.69 Å². The second kappa shape index (κ2) is 5.31. The number of aliphatic imine (C=N–C) groups is 1. The highest BCUT2D eigenvalue weighted by Crippen LogP contribution is 2.36. The predicted octanol–water partition coefficient (Wildman–Crippen LogP) is 3.97. The normalized spacial score (nSPS) is 15.3. The molecule has 0 fully saturated rings. The zero-order valence-electron chi connectivity index (χ0n) is 10.5. The Balaban J connectivity index is 2.13. The highest BCUT2D eigenvalue weighted by molar-refractivity contribution is 6.37. The maximum Gasteiger partial charge on any atom is 0.204 e. The topological polar surface area (TPSA) is 62.5 Å². The number of pyridine rings is 1. The van der Waals surface area contributed by atoms with E-state index in [1.807, 2.05) is 0 Å². The Morgan fingerprint density at radius 2 is 1.86 bits per heavy atom. The molecule has 1 aliphatic rings. The average molecular weight is 319 g/mol. The maximum atomic E-state index is 11.8. The van der Waals surface area contributed by atoms with Crippen molar-refractivity contribution in [2.24, 2.45) is 4.99 Å². The zero-order valence-corrected chi connectivity index (χ0v) is 12.1. The van der Waals surface area contributed by atoms with Crippen LogP contribution in [0.15, 0.2) is 47.6 Å². The molecule has 2 aromatic rings. The van der Waals surface area contributed by atoms with Crippen molar-refractivity contribution in [3.8, 4) is 5.75 Å². The standard InChI is InChI=1S/C15H8Cl2N2O2/c16-10-6-8(7-11(17)15(10)21)19-12-3-4-13(20)14-9(12)2-1-5-18-14/h1-7,21H. The molecule has 1 aliphatic carbocycles. The van der Waals surface area contributed by atoms with Crippen LogP contribution in [0.2, 0.25) is 10.0 Å². The zero-order chi connectivity index (χ0) is 15.0. The van der Waals surface area contributed by atoms with Gasteiger partial charge in [0.2, 0.25) is 5.78 Å². The molecule has 0 radical (unpaired) electrons. The summed E-state index contributed by atoms with van der Waals surface area (Å²) in [5.74, 6) is -0.343. The van der Waals surface area contributed by atoms with Gasteiger partial charge in [0, 0.05) is 11.8 Å². The van der Waals surface area contributed by atoms with E-state index in [2.05, 4.69) is 9.98 Å². The fourth-order valence-corrected chi connectivity index (χ4v) is 2.46. The van der Waals surface area contributed by atoms with E-state index in [1.165, 1.54) is 18.2 Å². The van der Waals surface area contributed by atoms with Crippen LogP contribution >= 0.6 is 23.2 Å². The van der Waals surface area contributed by atoms with E-state index >= 15 is 0 Å². The minimum absolute atomic E-state index is 0.115. The van der Waals surface area contributed by atoms with E-state index in [0.717, 1.165) is 0 Å². The summed E-state index contributed by atoms with van der Waals surface area (Å²) in [5.41, 5.74) is 2.06. The van der Waals surface area contributed by atoms with Crippen molar-refractivity contribution >= 4 is 40.4 Å². The number of benzene rings is 1. The Hall–Kier alpha value is -2.17. The van der Waals surface area contributed by atoms with E-state index in [9.17, 15) is 9.90 Å². The SMILES string of the molecule is O=C1C=CC(=Nc2cc(Cl)c(O)c(Cl)c2)c2cccnc21. The molecular formula is C15H8Cl2N2O2. The molecule has 1 N–H and O–H groups in total. The molecule has 21 heavy (non-hydrogen) atoms. The van der Waals surface area contributed by atoms with Crippen LogP contribution < -0.4 is 0 Å². The van der Waals surface area contributed by atoms with Crippen LogP contribution in [0.5, 0.6) is 5.75 Å². The number of halogens is 2. The summed E-state index contributed by atoms with van der Waals surface area (Å²) in [7, 11) is 0. The maximum absolute atomic E-state index is 11.8. The number of carbonyl (C=O) groups is 1. The monoisotopic (exact) mass is 318 g/mol. The summed E-state index contributed by atoms with van der Waals surface area (Å²) >= 11 is 11.7. The number of ketones is 1. The largest absolute Gasteiger partial charge is 0.505 e. The minimum atomic E-state index is -0.182. The number of phenolic OH excluding ortho intramolecular Hbond substituents is 1. The molecule has 0 saturated carbocycles. The van der Waals surface area contributed by atoms with Crippen molar-refractivity contribution < 1.29 is 9.90 Å². The van der Waals surface area contributed by atoms with E-state index in [4.69, 9.17) is 23.2 Å². The molecular weight excluding hydrogens is 311 g/mol. The summed E-state index contributed by atoms with van der Waals surface area (Å²) in [6.45, 7) is 0. The lowest BCUT2D eigenvalue weighted by molar-refractivity contribution is 0.104. The molecule has 0 amide bonds. The minimum Gasteiger partial charge on any atom is -0.505 e. The first-order valence-corrected chi connectivity index (χ1v) is 6.76. The van der Waals surface area contributed by atoms with Gasteiger partial charge in [0.05, 0.1) is 21.4 Å². The number of fused-ring (bicyclic) bond motifs is 1. The first-order valence-electron chi connectivity index (χ1n) is 6.01. The lowest BCUT2D eigenvalue weighted by atomic mass is 9.99. The van der Waals surface area contributed by atoms with Crippen molar-refractivity contribution in [1.82, 2.24) is 4.98 Å². The third-order valence-corrected chi connectivity index (χ3v) is 3.54. The van der Waals surface area contributed by atoms with Crippen molar-refractivity contribution in [2.45, 2.75) is 0 Å². The Morgan fingerprint density at radius 1 is 1.14 bits per heavy atom. The summed E-state index contributed by atoms with van der Waals surface area (Å²) in [6, 6.07) is 6.50. The number of hydrogen-bond acceptors (Lipinski definition) is 4. The van der Waals surface area contributed by atoms with Gasteiger partial charge in [-0.25, -0.2) is 4.99 Å². The molecule has 0 bridgehead atoms. The number of phenols is 1. The molecule has 0 unspecified atom stereocenters. The fraction of sp³-hybridized carbons (Fsp3) is 0. The molecule has 0 saturated heterocycles. The Morgan fingerprint density at radius 3 is 2.57 bits per heavy atom. The first-order chi connectivity index (χ1) is 10.1. The van der Waals surface area contributed by atoms with Crippen LogP contribution in [0.25, 0.3) is 0 Å². The first kappa shape index (κ1) is 13.8. The van der Waals surface area contributed by atoms with E-state index in [-0.39, 0.29) is 21.6 Å². The quantitative estimate of drug-likeness (QED) is 0.865. The molecule has 1 heterocycles. The van der Waals surface area contributed by atoms with Crippen LogP contribution in [-0.2, 0) is 0 Å². The molecule has 6 heteroatoms. The summed E-state index contributed by atoms with van der Waals surface area (Å²) in [5, 5.41) is 9.78. The molecule has 4 nitrogen and oxygen atoms in total. The number of nitrogens with zero attached hydrogens (tertiary/aromatic N) is 2.